The molecule has 0 spiro atoms. The molecule has 1 aromatic carbocycles. The van der Waals surface area contributed by atoms with E-state index >= 15 is 0 Å². The van der Waals surface area contributed by atoms with Gasteiger partial charge in [-0.1, -0.05) is 41.6 Å². The highest BCUT2D eigenvalue weighted by molar-refractivity contribution is 5.68. The molecule has 0 amide bonds. The molecule has 1 aliphatic rings. The van der Waals surface area contributed by atoms with Crippen molar-refractivity contribution in [1.29, 1.82) is 0 Å². The lowest BCUT2D eigenvalue weighted by atomic mass is 10.0. The van der Waals surface area contributed by atoms with Gasteiger partial charge in [0.15, 0.2) is 0 Å². The molecule has 1 aliphatic heterocycles. The third kappa shape index (κ3) is 6.92. The summed E-state index contributed by atoms with van der Waals surface area (Å²) in [5.74, 6) is 0.885. The number of hydrogen-bond donors (Lipinski definition) is 1. The predicted octanol–water partition coefficient (Wildman–Crippen LogP) is 4.50. The maximum atomic E-state index is 10.6. The zero-order valence-corrected chi connectivity index (χ0v) is 18.8. The molecule has 2 aromatic rings. The summed E-state index contributed by atoms with van der Waals surface area (Å²) in [7, 11) is 1.73. The lowest BCUT2D eigenvalue weighted by molar-refractivity contribution is 0.0942. The van der Waals surface area contributed by atoms with E-state index in [-0.39, 0.29) is 6.10 Å². The number of allylic oxidation sites excluding steroid dienone is 1. The number of nitrogens with zero attached hydrogens (tertiary/aromatic N) is 3. The molecular formula is C25H37N3O3. The molecule has 1 saturated heterocycles. The van der Waals surface area contributed by atoms with E-state index in [1.54, 1.807) is 7.11 Å². The van der Waals surface area contributed by atoms with Crippen LogP contribution in [0.5, 0.6) is 0 Å². The molecule has 6 nitrogen and oxygen atoms in total. The van der Waals surface area contributed by atoms with Gasteiger partial charge in [-0.3, -0.25) is 4.90 Å². The Morgan fingerprint density at radius 3 is 2.74 bits per heavy atom. The number of aliphatic hydroxyl groups excluding tert-OH is 1. The summed E-state index contributed by atoms with van der Waals surface area (Å²) < 4.78 is 11.2. The number of ether oxygens (including phenoxy) is 1. The van der Waals surface area contributed by atoms with Crippen LogP contribution < -0.4 is 4.90 Å². The Hall–Kier alpha value is -2.15. The van der Waals surface area contributed by atoms with Crippen LogP contribution in [0.4, 0.5) is 5.88 Å². The van der Waals surface area contributed by atoms with E-state index in [2.05, 4.69) is 33.7 Å². The second-order valence-electron chi connectivity index (χ2n) is 8.33. The highest BCUT2D eigenvalue weighted by Gasteiger charge is 2.26. The van der Waals surface area contributed by atoms with Crippen LogP contribution in [0.1, 0.15) is 44.1 Å². The normalized spacial score (nSPS) is 15.4. The molecule has 0 radical (unpaired) electrons. The Labute approximate surface area is 186 Å². The van der Waals surface area contributed by atoms with Crippen LogP contribution in [0.3, 0.4) is 0 Å². The minimum atomic E-state index is -0.390. The van der Waals surface area contributed by atoms with Gasteiger partial charge in [0.2, 0.25) is 5.88 Å². The summed E-state index contributed by atoms with van der Waals surface area (Å²) in [5.41, 5.74) is 3.08. The molecule has 1 atom stereocenters. The van der Waals surface area contributed by atoms with Gasteiger partial charge < -0.3 is 19.3 Å². The third-order valence-electron chi connectivity index (χ3n) is 5.84. The third-order valence-corrected chi connectivity index (χ3v) is 5.84. The number of aromatic nitrogens is 1. The second-order valence-corrected chi connectivity index (χ2v) is 8.33. The molecule has 0 aliphatic carbocycles. The maximum Gasteiger partial charge on any atom is 0.232 e. The van der Waals surface area contributed by atoms with Crippen molar-refractivity contribution in [3.8, 4) is 11.3 Å². The Morgan fingerprint density at radius 2 is 2.03 bits per heavy atom. The molecular weight excluding hydrogens is 390 g/mol. The SMILES string of the molecule is C=CCCC(O)CN(CCCOC)Cc1c(-c2ccccc2)noc1N1CCCCC1. The van der Waals surface area contributed by atoms with E-state index in [1.165, 1.54) is 19.3 Å². The van der Waals surface area contributed by atoms with Gasteiger partial charge in [-0.2, -0.15) is 0 Å². The molecule has 1 unspecified atom stereocenters. The topological polar surface area (TPSA) is 62.0 Å². The van der Waals surface area contributed by atoms with Crippen LogP contribution in [0.2, 0.25) is 0 Å². The molecule has 1 N–H and O–H groups in total. The molecule has 0 bridgehead atoms. The van der Waals surface area contributed by atoms with Crippen LogP contribution in [0.15, 0.2) is 47.5 Å². The quantitative estimate of drug-likeness (QED) is 0.375. The van der Waals surface area contributed by atoms with Crippen LogP contribution in [-0.4, -0.2) is 61.2 Å². The van der Waals surface area contributed by atoms with E-state index in [1.807, 2.05) is 24.3 Å². The lowest BCUT2D eigenvalue weighted by Gasteiger charge is -2.29. The van der Waals surface area contributed by atoms with Crippen molar-refractivity contribution in [2.75, 3.05) is 44.8 Å². The average Bonchev–Trinajstić information content (AvgIpc) is 3.22. The summed E-state index contributed by atoms with van der Waals surface area (Å²) in [5, 5.41) is 15.1. The van der Waals surface area contributed by atoms with E-state index in [0.717, 1.165) is 61.6 Å². The highest BCUT2D eigenvalue weighted by Crippen LogP contribution is 2.34. The fourth-order valence-corrected chi connectivity index (χ4v) is 4.20. The number of hydrogen-bond acceptors (Lipinski definition) is 6. The van der Waals surface area contributed by atoms with Crippen molar-refractivity contribution < 1.29 is 14.4 Å². The number of piperidine rings is 1. The Balaban J connectivity index is 1.86. The molecule has 0 saturated carbocycles. The number of methoxy groups -OCH3 is 1. The van der Waals surface area contributed by atoms with Crippen LogP contribution >= 0.6 is 0 Å². The van der Waals surface area contributed by atoms with Gasteiger partial charge in [0.25, 0.3) is 0 Å². The van der Waals surface area contributed by atoms with E-state index in [9.17, 15) is 5.11 Å². The van der Waals surface area contributed by atoms with Gasteiger partial charge in [-0.25, -0.2) is 0 Å². The van der Waals surface area contributed by atoms with Gasteiger partial charge in [0.05, 0.1) is 11.7 Å². The Bertz CT molecular complexity index is 772. The first-order valence-corrected chi connectivity index (χ1v) is 11.5. The van der Waals surface area contributed by atoms with Gasteiger partial charge in [0, 0.05) is 52.0 Å². The van der Waals surface area contributed by atoms with Crippen LogP contribution in [0.25, 0.3) is 11.3 Å². The largest absolute Gasteiger partial charge is 0.392 e. The molecule has 31 heavy (non-hydrogen) atoms. The summed E-state index contributed by atoms with van der Waals surface area (Å²) in [6, 6.07) is 10.2. The van der Waals surface area contributed by atoms with Gasteiger partial charge in [-0.05, 0) is 38.5 Å². The maximum absolute atomic E-state index is 10.6. The van der Waals surface area contributed by atoms with E-state index in [0.29, 0.717) is 19.7 Å². The first-order chi connectivity index (χ1) is 15.2. The molecule has 1 fully saturated rings. The van der Waals surface area contributed by atoms with Gasteiger partial charge in [0.1, 0.15) is 5.69 Å². The molecule has 6 heteroatoms. The lowest BCUT2D eigenvalue weighted by Crippen LogP contribution is -2.35. The molecule has 2 heterocycles. The van der Waals surface area contributed by atoms with Crippen molar-refractivity contribution in [3.63, 3.8) is 0 Å². The summed E-state index contributed by atoms with van der Waals surface area (Å²) in [4.78, 5) is 4.64. The highest BCUT2D eigenvalue weighted by atomic mass is 16.5. The minimum absolute atomic E-state index is 0.390. The monoisotopic (exact) mass is 427 g/mol. The smallest absolute Gasteiger partial charge is 0.232 e. The van der Waals surface area contributed by atoms with Crippen molar-refractivity contribution in [3.05, 3.63) is 48.6 Å². The summed E-state index contributed by atoms with van der Waals surface area (Å²) >= 11 is 0. The van der Waals surface area contributed by atoms with E-state index in [4.69, 9.17) is 9.26 Å². The number of benzene rings is 1. The van der Waals surface area contributed by atoms with E-state index < -0.39 is 0 Å². The zero-order valence-electron chi connectivity index (χ0n) is 18.8. The molecule has 3 rings (SSSR count). The Morgan fingerprint density at radius 1 is 1.26 bits per heavy atom. The first-order valence-electron chi connectivity index (χ1n) is 11.5. The minimum Gasteiger partial charge on any atom is -0.392 e. The Kier molecular flexibility index (Phi) is 9.59. The number of anilines is 1. The van der Waals surface area contributed by atoms with Crippen molar-refractivity contribution in [2.24, 2.45) is 0 Å². The van der Waals surface area contributed by atoms with Crippen molar-refractivity contribution >= 4 is 5.88 Å². The molecule has 170 valence electrons. The fourth-order valence-electron chi connectivity index (χ4n) is 4.20. The number of aliphatic hydroxyl groups is 1. The second kappa shape index (κ2) is 12.6. The first kappa shape index (κ1) is 23.5. The van der Waals surface area contributed by atoms with Crippen molar-refractivity contribution in [1.82, 2.24) is 10.1 Å². The predicted molar refractivity (Wildman–Crippen MR) is 125 cm³/mol. The summed E-state index contributed by atoms with van der Waals surface area (Å²) in [6.07, 6.45) is 7.55. The number of rotatable bonds is 13. The van der Waals surface area contributed by atoms with Crippen LogP contribution in [0, 0.1) is 0 Å². The van der Waals surface area contributed by atoms with Crippen LogP contribution in [-0.2, 0) is 11.3 Å². The van der Waals surface area contributed by atoms with Gasteiger partial charge in [-0.15, -0.1) is 6.58 Å². The fraction of sp³-hybridized carbons (Fsp3) is 0.560. The van der Waals surface area contributed by atoms with Crippen molar-refractivity contribution in [2.45, 2.75) is 51.2 Å². The standard InChI is InChI=1S/C25H37N3O3/c1-3-4-14-22(29)19-27(15-11-18-30-2)20-23-24(21-12-7-5-8-13-21)26-31-25(23)28-16-9-6-10-17-28/h3,5,7-8,12-13,22,29H,1,4,6,9-11,14-20H2,2H3. The van der Waals surface area contributed by atoms with Gasteiger partial charge >= 0.3 is 0 Å². The zero-order chi connectivity index (χ0) is 21.9. The average molecular weight is 428 g/mol. The molecule has 1 aromatic heterocycles. The summed E-state index contributed by atoms with van der Waals surface area (Å²) in [6.45, 7) is 8.62.